The monoisotopic (exact) mass is 430 g/mol. The lowest BCUT2D eigenvalue weighted by Crippen LogP contribution is -2.19. The normalized spacial score (nSPS) is 10.9. The lowest BCUT2D eigenvalue weighted by molar-refractivity contribution is 0.102. The summed E-state index contributed by atoms with van der Waals surface area (Å²) >= 11 is 0. The lowest BCUT2D eigenvalue weighted by atomic mass is 10.1. The number of para-hydroxylation sites is 1. The van der Waals surface area contributed by atoms with Gasteiger partial charge in [0.1, 0.15) is 17.3 Å². The van der Waals surface area contributed by atoms with Crippen LogP contribution < -0.4 is 19.5 Å². The molecule has 0 aromatic heterocycles. The summed E-state index contributed by atoms with van der Waals surface area (Å²) in [5, 5.41) is 2.69. The third-order valence-corrected chi connectivity index (χ3v) is 5.54. The standard InChI is InChI=1S/C21H19FN2O5S/c1-28-15-10-11-19(20(13-15)29-2)23-21(25)17-8-3-4-9-18(17)24-30(26,27)16-7-5-6-14(22)12-16/h3-13,24H,1-2H3,(H,23,25). The Morgan fingerprint density at radius 2 is 1.67 bits per heavy atom. The molecule has 0 aliphatic carbocycles. The molecule has 7 nitrogen and oxygen atoms in total. The maximum atomic E-state index is 13.4. The van der Waals surface area contributed by atoms with E-state index in [1.165, 1.54) is 38.5 Å². The molecule has 0 radical (unpaired) electrons. The minimum absolute atomic E-state index is 0.0479. The molecule has 0 aliphatic rings. The first-order valence-electron chi connectivity index (χ1n) is 8.75. The molecule has 0 atom stereocenters. The first-order valence-corrected chi connectivity index (χ1v) is 10.2. The topological polar surface area (TPSA) is 93.7 Å². The minimum Gasteiger partial charge on any atom is -0.497 e. The number of anilines is 2. The highest BCUT2D eigenvalue weighted by Crippen LogP contribution is 2.30. The number of halogens is 1. The Morgan fingerprint density at radius 1 is 0.900 bits per heavy atom. The van der Waals surface area contributed by atoms with Crippen LogP contribution in [0, 0.1) is 5.82 Å². The van der Waals surface area contributed by atoms with Crippen LogP contribution in [0.5, 0.6) is 11.5 Å². The number of sulfonamides is 1. The van der Waals surface area contributed by atoms with Gasteiger partial charge in [-0.2, -0.15) is 0 Å². The van der Waals surface area contributed by atoms with Gasteiger partial charge in [0.15, 0.2) is 0 Å². The molecule has 2 N–H and O–H groups in total. The van der Waals surface area contributed by atoms with Gasteiger partial charge >= 0.3 is 0 Å². The number of benzene rings is 3. The van der Waals surface area contributed by atoms with Crippen LogP contribution in [0.3, 0.4) is 0 Å². The van der Waals surface area contributed by atoms with Crippen molar-refractivity contribution < 1.29 is 27.1 Å². The molecule has 3 aromatic carbocycles. The molecule has 0 spiro atoms. The zero-order valence-corrected chi connectivity index (χ0v) is 17.0. The molecule has 0 unspecified atom stereocenters. The van der Waals surface area contributed by atoms with Crippen molar-refractivity contribution in [3.8, 4) is 11.5 Å². The second kappa shape index (κ2) is 8.83. The molecular formula is C21H19FN2O5S. The molecule has 0 aliphatic heterocycles. The Morgan fingerprint density at radius 3 is 2.37 bits per heavy atom. The van der Waals surface area contributed by atoms with Crippen LogP contribution in [-0.4, -0.2) is 28.5 Å². The van der Waals surface area contributed by atoms with Crippen LogP contribution in [0.25, 0.3) is 0 Å². The molecule has 0 saturated heterocycles. The van der Waals surface area contributed by atoms with Crippen LogP contribution >= 0.6 is 0 Å². The van der Waals surface area contributed by atoms with Gasteiger partial charge in [-0.3, -0.25) is 9.52 Å². The zero-order valence-electron chi connectivity index (χ0n) is 16.2. The SMILES string of the molecule is COc1ccc(NC(=O)c2ccccc2NS(=O)(=O)c2cccc(F)c2)c(OC)c1. The van der Waals surface area contributed by atoms with Gasteiger partial charge in [0, 0.05) is 6.07 Å². The van der Waals surface area contributed by atoms with Gasteiger partial charge in [-0.15, -0.1) is 0 Å². The smallest absolute Gasteiger partial charge is 0.262 e. The molecule has 0 heterocycles. The first kappa shape index (κ1) is 21.1. The third-order valence-electron chi connectivity index (χ3n) is 4.18. The van der Waals surface area contributed by atoms with Crippen molar-refractivity contribution in [1.29, 1.82) is 0 Å². The van der Waals surface area contributed by atoms with E-state index in [9.17, 15) is 17.6 Å². The number of carbonyl (C=O) groups is 1. The molecule has 3 rings (SSSR count). The molecule has 0 bridgehead atoms. The second-order valence-electron chi connectivity index (χ2n) is 6.13. The minimum atomic E-state index is -4.10. The van der Waals surface area contributed by atoms with Gasteiger partial charge in [-0.05, 0) is 42.5 Å². The highest BCUT2D eigenvalue weighted by Gasteiger charge is 2.20. The highest BCUT2D eigenvalue weighted by molar-refractivity contribution is 7.92. The Hall–Kier alpha value is -3.59. The fourth-order valence-corrected chi connectivity index (χ4v) is 3.81. The molecule has 30 heavy (non-hydrogen) atoms. The fraction of sp³-hybridized carbons (Fsp3) is 0.0952. The number of amides is 1. The Kier molecular flexibility index (Phi) is 6.22. The summed E-state index contributed by atoms with van der Waals surface area (Å²) in [5.74, 6) is -0.319. The van der Waals surface area contributed by atoms with E-state index in [0.29, 0.717) is 17.2 Å². The molecule has 1 amide bonds. The van der Waals surface area contributed by atoms with E-state index in [1.54, 1.807) is 30.3 Å². The average Bonchev–Trinajstić information content (AvgIpc) is 2.74. The van der Waals surface area contributed by atoms with Gasteiger partial charge in [0.25, 0.3) is 15.9 Å². The van der Waals surface area contributed by atoms with Crippen molar-refractivity contribution in [2.45, 2.75) is 4.90 Å². The maximum absolute atomic E-state index is 13.4. The van der Waals surface area contributed by atoms with Crippen LogP contribution in [0.1, 0.15) is 10.4 Å². The van der Waals surface area contributed by atoms with E-state index in [2.05, 4.69) is 10.0 Å². The number of nitrogens with one attached hydrogen (secondary N) is 2. The summed E-state index contributed by atoms with van der Waals surface area (Å²) in [7, 11) is -1.14. The number of carbonyl (C=O) groups excluding carboxylic acids is 1. The van der Waals surface area contributed by atoms with Crippen LogP contribution in [0.4, 0.5) is 15.8 Å². The van der Waals surface area contributed by atoms with Crippen molar-refractivity contribution in [3.63, 3.8) is 0 Å². The molecule has 0 saturated carbocycles. The van der Waals surface area contributed by atoms with Crippen molar-refractivity contribution in [2.75, 3.05) is 24.3 Å². The van der Waals surface area contributed by atoms with Crippen molar-refractivity contribution in [1.82, 2.24) is 0 Å². The van der Waals surface area contributed by atoms with Crippen LogP contribution in [0.2, 0.25) is 0 Å². The molecule has 156 valence electrons. The van der Waals surface area contributed by atoms with Gasteiger partial charge in [0.2, 0.25) is 0 Å². The summed E-state index contributed by atoms with van der Waals surface area (Å²) in [4.78, 5) is 12.6. The van der Waals surface area contributed by atoms with Crippen molar-refractivity contribution in [3.05, 3.63) is 78.1 Å². The Bertz CT molecular complexity index is 1180. The first-order chi connectivity index (χ1) is 14.3. The quantitative estimate of drug-likeness (QED) is 0.593. The summed E-state index contributed by atoms with van der Waals surface area (Å²) in [6, 6.07) is 15.5. The molecule has 3 aromatic rings. The number of rotatable bonds is 7. The average molecular weight is 430 g/mol. The molecular weight excluding hydrogens is 411 g/mol. The number of methoxy groups -OCH3 is 2. The van der Waals surface area contributed by atoms with E-state index in [4.69, 9.17) is 9.47 Å². The number of hydrogen-bond donors (Lipinski definition) is 2. The van der Waals surface area contributed by atoms with E-state index >= 15 is 0 Å². The van der Waals surface area contributed by atoms with Gasteiger partial charge in [0.05, 0.1) is 36.1 Å². The largest absolute Gasteiger partial charge is 0.497 e. The number of hydrogen-bond acceptors (Lipinski definition) is 5. The van der Waals surface area contributed by atoms with Crippen LogP contribution in [-0.2, 0) is 10.0 Å². The molecule has 0 fully saturated rings. The molecule has 9 heteroatoms. The predicted octanol–water partition coefficient (Wildman–Crippen LogP) is 3.90. The van der Waals surface area contributed by atoms with E-state index < -0.39 is 21.7 Å². The van der Waals surface area contributed by atoms with E-state index in [-0.39, 0.29) is 16.1 Å². The third kappa shape index (κ3) is 4.69. The van der Waals surface area contributed by atoms with E-state index in [0.717, 1.165) is 12.1 Å². The highest BCUT2D eigenvalue weighted by atomic mass is 32.2. The van der Waals surface area contributed by atoms with Gasteiger partial charge < -0.3 is 14.8 Å². The summed E-state index contributed by atoms with van der Waals surface area (Å²) in [6.07, 6.45) is 0. The fourth-order valence-electron chi connectivity index (χ4n) is 2.70. The summed E-state index contributed by atoms with van der Waals surface area (Å²) in [5.41, 5.74) is 0.508. The maximum Gasteiger partial charge on any atom is 0.262 e. The summed E-state index contributed by atoms with van der Waals surface area (Å²) in [6.45, 7) is 0. The van der Waals surface area contributed by atoms with Crippen LogP contribution in [0.15, 0.2) is 71.6 Å². The van der Waals surface area contributed by atoms with E-state index in [1.807, 2.05) is 0 Å². The lowest BCUT2D eigenvalue weighted by Gasteiger charge is -2.14. The van der Waals surface area contributed by atoms with Gasteiger partial charge in [-0.25, -0.2) is 12.8 Å². The second-order valence-corrected chi connectivity index (χ2v) is 7.81. The number of ether oxygens (including phenoxy) is 2. The summed E-state index contributed by atoms with van der Waals surface area (Å²) < 4.78 is 51.4. The van der Waals surface area contributed by atoms with Crippen molar-refractivity contribution in [2.24, 2.45) is 0 Å². The van der Waals surface area contributed by atoms with Gasteiger partial charge in [-0.1, -0.05) is 18.2 Å². The Balaban J connectivity index is 1.89. The predicted molar refractivity (Wildman–Crippen MR) is 111 cm³/mol. The van der Waals surface area contributed by atoms with Crippen molar-refractivity contribution >= 4 is 27.3 Å². The zero-order chi connectivity index (χ0) is 21.7. The Labute approximate surface area is 173 Å².